The van der Waals surface area contributed by atoms with E-state index in [4.69, 9.17) is 4.74 Å². The zero-order valence-corrected chi connectivity index (χ0v) is 16.4. The molecule has 1 aromatic heterocycles. The van der Waals surface area contributed by atoms with E-state index >= 15 is 0 Å². The summed E-state index contributed by atoms with van der Waals surface area (Å²) in [6.07, 6.45) is 2.87. The Morgan fingerprint density at radius 1 is 1.10 bits per heavy atom. The van der Waals surface area contributed by atoms with Crippen LogP contribution in [0.15, 0.2) is 71.9 Å². The van der Waals surface area contributed by atoms with E-state index in [1.54, 1.807) is 48.5 Å². The molecule has 3 aromatic rings. The van der Waals surface area contributed by atoms with Crippen LogP contribution in [-0.2, 0) is 9.71 Å². The van der Waals surface area contributed by atoms with Crippen molar-refractivity contribution in [3.63, 3.8) is 0 Å². The van der Waals surface area contributed by atoms with E-state index in [0.717, 1.165) is 0 Å². The average molecular weight is 406 g/mol. The van der Waals surface area contributed by atoms with Crippen LogP contribution in [0.3, 0.4) is 0 Å². The smallest absolute Gasteiger partial charge is 0.264 e. The van der Waals surface area contributed by atoms with E-state index in [1.165, 1.54) is 25.6 Å². The number of aromatic hydroxyl groups is 1. The lowest BCUT2D eigenvalue weighted by atomic mass is 10.1. The third-order valence-corrected chi connectivity index (χ3v) is 5.44. The molecule has 146 valence electrons. The van der Waals surface area contributed by atoms with Crippen LogP contribution in [0, 0.1) is 11.8 Å². The van der Waals surface area contributed by atoms with Crippen molar-refractivity contribution < 1.29 is 18.8 Å². The number of nitrogens with one attached hydrogen (secondary N) is 1. The number of nitrogens with zero attached hydrogens (tertiary/aromatic N) is 1. The summed E-state index contributed by atoms with van der Waals surface area (Å²) in [5.41, 5.74) is 1.33. The van der Waals surface area contributed by atoms with Gasteiger partial charge >= 0.3 is 0 Å². The predicted molar refractivity (Wildman–Crippen MR) is 112 cm³/mol. The molecule has 1 heterocycles. The molecule has 0 saturated carbocycles. The molecule has 29 heavy (non-hydrogen) atoms. The molecule has 2 N–H and O–H groups in total. The topological polar surface area (TPSA) is 88.5 Å². The average Bonchev–Trinajstić information content (AvgIpc) is 2.72. The molecule has 0 aliphatic carbocycles. The highest BCUT2D eigenvalue weighted by Gasteiger charge is 2.14. The molecule has 7 heteroatoms. The Hall–Kier alpha value is -3.76. The van der Waals surface area contributed by atoms with Gasteiger partial charge in [-0.15, -0.1) is 0 Å². The molecule has 0 aliphatic heterocycles. The summed E-state index contributed by atoms with van der Waals surface area (Å²) in [5.74, 6) is 9.58. The number of ether oxygens (including phenoxy) is 1. The van der Waals surface area contributed by atoms with Crippen molar-refractivity contribution in [2.24, 2.45) is 0 Å². The van der Waals surface area contributed by atoms with Crippen molar-refractivity contribution in [2.45, 2.75) is 4.90 Å². The molecule has 3 rings (SSSR count). The predicted octanol–water partition coefficient (Wildman–Crippen LogP) is 2.62. The number of carbonyl (C=O) groups is 1. The van der Waals surface area contributed by atoms with Crippen LogP contribution >= 0.6 is 0 Å². The van der Waals surface area contributed by atoms with Gasteiger partial charge in [0.2, 0.25) is 0 Å². The normalized spacial score (nSPS) is 12.2. The van der Waals surface area contributed by atoms with E-state index in [2.05, 4.69) is 27.4 Å². The van der Waals surface area contributed by atoms with Crippen molar-refractivity contribution in [3.05, 3.63) is 83.7 Å². The van der Waals surface area contributed by atoms with Crippen LogP contribution in [0.25, 0.3) is 0 Å². The monoisotopic (exact) mass is 406 g/mol. The Balaban J connectivity index is 1.78. The first-order valence-corrected chi connectivity index (χ1v) is 10.2. The van der Waals surface area contributed by atoms with E-state index in [-0.39, 0.29) is 11.3 Å². The standard InChI is InChI=1S/C22H18N2O4S/c1-28-20-8-10-21(11-9-20)29(2,27)24-22(26)18-12-17(14-23-15-18)7-6-16-4-3-5-19(25)13-16/h3-5,8-15,25H,2H2,1H3,(H,24,26,27). The molecular formula is C22H18N2O4S. The van der Waals surface area contributed by atoms with E-state index in [0.29, 0.717) is 21.8 Å². The van der Waals surface area contributed by atoms with E-state index in [1.807, 2.05) is 0 Å². The van der Waals surface area contributed by atoms with Gasteiger partial charge in [0.1, 0.15) is 11.5 Å². The fourth-order valence-corrected chi connectivity index (χ4v) is 3.53. The lowest BCUT2D eigenvalue weighted by molar-refractivity contribution is 0.0982. The number of hydrogen-bond donors (Lipinski definition) is 2. The Kier molecular flexibility index (Phi) is 5.86. The van der Waals surface area contributed by atoms with Gasteiger partial charge in [-0.1, -0.05) is 17.9 Å². The zero-order valence-electron chi connectivity index (χ0n) is 15.6. The number of methoxy groups -OCH3 is 1. The SMILES string of the molecule is C=S(=O)(NC(=O)c1cncc(C#Cc2cccc(O)c2)c1)c1ccc(OC)cc1. The van der Waals surface area contributed by atoms with Crippen molar-refractivity contribution >= 4 is 21.5 Å². The van der Waals surface area contributed by atoms with E-state index < -0.39 is 15.6 Å². The minimum absolute atomic E-state index is 0.117. The fraction of sp³-hybridized carbons (Fsp3) is 0.0455. The Bertz CT molecular complexity index is 1210. The maximum atomic E-state index is 12.8. The van der Waals surface area contributed by atoms with Gasteiger partial charge in [0.15, 0.2) is 0 Å². The highest BCUT2D eigenvalue weighted by molar-refractivity contribution is 7.99. The Morgan fingerprint density at radius 3 is 2.52 bits per heavy atom. The molecule has 0 aliphatic rings. The second-order valence-electron chi connectivity index (χ2n) is 6.04. The summed E-state index contributed by atoms with van der Waals surface area (Å²) >= 11 is 0. The summed E-state index contributed by atoms with van der Waals surface area (Å²) in [5, 5.41) is 9.49. The number of phenols is 1. The lowest BCUT2D eigenvalue weighted by Gasteiger charge is -2.12. The van der Waals surface area contributed by atoms with Crippen molar-refractivity contribution in [3.8, 4) is 23.3 Å². The summed E-state index contributed by atoms with van der Waals surface area (Å²) < 4.78 is 20.4. The highest BCUT2D eigenvalue weighted by atomic mass is 32.2. The molecule has 6 nitrogen and oxygen atoms in total. The zero-order chi connectivity index (χ0) is 20.9. The van der Waals surface area contributed by atoms with Crippen LogP contribution in [0.1, 0.15) is 21.5 Å². The maximum Gasteiger partial charge on any atom is 0.264 e. The third-order valence-electron chi connectivity index (χ3n) is 3.90. The van der Waals surface area contributed by atoms with Gasteiger partial charge in [0.25, 0.3) is 5.91 Å². The molecule has 0 fully saturated rings. The highest BCUT2D eigenvalue weighted by Crippen LogP contribution is 2.16. The van der Waals surface area contributed by atoms with Gasteiger partial charge in [-0.3, -0.25) is 14.5 Å². The summed E-state index contributed by atoms with van der Waals surface area (Å²) in [6, 6.07) is 14.5. The number of phenolic OH excluding ortho intramolecular Hbond substituents is 1. The van der Waals surface area contributed by atoms with Gasteiger partial charge in [0, 0.05) is 28.4 Å². The summed E-state index contributed by atoms with van der Waals surface area (Å²) in [4.78, 5) is 16.9. The second-order valence-corrected chi connectivity index (χ2v) is 8.07. The molecule has 0 saturated heterocycles. The molecule has 0 radical (unpaired) electrons. The number of hydrogen-bond acceptors (Lipinski definition) is 5. The Labute approximate surface area is 169 Å². The van der Waals surface area contributed by atoms with Gasteiger partial charge in [-0.2, -0.15) is 0 Å². The first-order chi connectivity index (χ1) is 13.9. The number of pyridine rings is 1. The maximum absolute atomic E-state index is 12.8. The number of amides is 1. The summed E-state index contributed by atoms with van der Waals surface area (Å²) in [6.45, 7) is 0. The number of rotatable bonds is 4. The quantitative estimate of drug-likeness (QED) is 0.514. The van der Waals surface area contributed by atoms with Crippen molar-refractivity contribution in [1.82, 2.24) is 9.71 Å². The minimum Gasteiger partial charge on any atom is -0.508 e. The second kappa shape index (κ2) is 8.50. The molecule has 0 spiro atoms. The van der Waals surface area contributed by atoms with Crippen LogP contribution in [0.4, 0.5) is 0 Å². The molecule has 0 bridgehead atoms. The largest absolute Gasteiger partial charge is 0.508 e. The molecule has 1 amide bonds. The fourth-order valence-electron chi connectivity index (χ4n) is 2.42. The molecule has 1 atom stereocenters. The molecule has 1 unspecified atom stereocenters. The van der Waals surface area contributed by atoms with Crippen LogP contribution in [-0.4, -0.2) is 33.2 Å². The number of benzene rings is 2. The first-order valence-electron chi connectivity index (χ1n) is 8.47. The van der Waals surface area contributed by atoms with Crippen molar-refractivity contribution in [1.29, 1.82) is 0 Å². The number of aromatic nitrogens is 1. The van der Waals surface area contributed by atoms with Crippen LogP contribution in [0.2, 0.25) is 0 Å². The van der Waals surface area contributed by atoms with Crippen molar-refractivity contribution in [2.75, 3.05) is 7.11 Å². The minimum atomic E-state index is -3.05. The van der Waals surface area contributed by atoms with Crippen LogP contribution < -0.4 is 9.46 Å². The third kappa shape index (κ3) is 5.15. The van der Waals surface area contributed by atoms with Gasteiger partial charge in [0.05, 0.1) is 22.4 Å². The van der Waals surface area contributed by atoms with Gasteiger partial charge in [-0.25, -0.2) is 4.21 Å². The van der Waals surface area contributed by atoms with Crippen LogP contribution in [0.5, 0.6) is 11.5 Å². The van der Waals surface area contributed by atoms with E-state index in [9.17, 15) is 14.1 Å². The molecular weight excluding hydrogens is 388 g/mol. The first kappa shape index (κ1) is 20.0. The van der Waals surface area contributed by atoms with Gasteiger partial charge in [-0.05, 0) is 54.4 Å². The lowest BCUT2D eigenvalue weighted by Crippen LogP contribution is -2.30. The summed E-state index contributed by atoms with van der Waals surface area (Å²) in [7, 11) is -1.52. The number of carbonyl (C=O) groups excluding carboxylic acids is 1. The Morgan fingerprint density at radius 2 is 1.83 bits per heavy atom. The van der Waals surface area contributed by atoms with Gasteiger partial charge < -0.3 is 9.84 Å². The molecule has 2 aromatic carbocycles.